The molecule has 2 aromatic carbocycles. The molecule has 1 N–H and O–H groups in total. The molecule has 0 saturated carbocycles. The molecule has 4 rings (SSSR count). The molecule has 0 aliphatic carbocycles. The molecule has 38 heavy (non-hydrogen) atoms. The fourth-order valence-electron chi connectivity index (χ4n) is 4.69. The first-order valence-corrected chi connectivity index (χ1v) is 12.5. The van der Waals surface area contributed by atoms with Crippen molar-refractivity contribution in [1.29, 1.82) is 0 Å². The number of nitrogens with one attached hydrogen (secondary N) is 1. The minimum atomic E-state index is -1.26. The summed E-state index contributed by atoms with van der Waals surface area (Å²) in [5, 5.41) is 14.3. The summed E-state index contributed by atoms with van der Waals surface area (Å²) in [7, 11) is 1.70. The molecule has 1 fully saturated rings. The summed E-state index contributed by atoms with van der Waals surface area (Å²) in [6.07, 6.45) is 0.747. The number of aromatic nitrogens is 2. The number of carbonyl (C=O) groups excluding carboxylic acids is 2. The average Bonchev–Trinajstić information content (AvgIpc) is 3.11. The van der Waals surface area contributed by atoms with Gasteiger partial charge in [0.25, 0.3) is 17.2 Å². The van der Waals surface area contributed by atoms with Crippen molar-refractivity contribution in [2.75, 3.05) is 23.3 Å². The van der Waals surface area contributed by atoms with Crippen molar-refractivity contribution >= 4 is 28.9 Å². The standard InChI is InChI=1S/C27H31N5O6/c1-17-9-8-14-30(16-17)22-13-12-20(15-23(22)32(36)37)27(35)38-19(3)25(33)28-24-18(2)29(4)31(26(24)34)21-10-6-5-7-11-21/h5-7,10-13,15,17,19H,8-9,14,16H2,1-4H3,(H,28,33). The highest BCUT2D eigenvalue weighted by molar-refractivity contribution is 5.98. The van der Waals surface area contributed by atoms with Gasteiger partial charge in [-0.2, -0.15) is 0 Å². The van der Waals surface area contributed by atoms with Crippen LogP contribution in [0.15, 0.2) is 53.3 Å². The molecular formula is C27H31N5O6. The second-order valence-corrected chi connectivity index (χ2v) is 9.63. The van der Waals surface area contributed by atoms with Gasteiger partial charge in [0.15, 0.2) is 6.10 Å². The van der Waals surface area contributed by atoms with E-state index in [1.807, 2.05) is 11.0 Å². The van der Waals surface area contributed by atoms with Crippen LogP contribution in [0.2, 0.25) is 0 Å². The number of hydrogen-bond acceptors (Lipinski definition) is 7. The molecule has 3 aromatic rings. The molecule has 1 amide bonds. The number of nitro groups is 1. The first-order valence-electron chi connectivity index (χ1n) is 12.5. The number of piperidine rings is 1. The van der Waals surface area contributed by atoms with Gasteiger partial charge in [0, 0.05) is 26.2 Å². The highest BCUT2D eigenvalue weighted by atomic mass is 16.6. The lowest BCUT2D eigenvalue weighted by atomic mass is 9.99. The van der Waals surface area contributed by atoms with Crippen molar-refractivity contribution in [2.45, 2.75) is 39.7 Å². The summed E-state index contributed by atoms with van der Waals surface area (Å²) in [6, 6.07) is 13.2. The van der Waals surface area contributed by atoms with Crippen LogP contribution in [0.5, 0.6) is 0 Å². The van der Waals surface area contributed by atoms with Gasteiger partial charge in [-0.05, 0) is 56.9 Å². The molecule has 2 atom stereocenters. The lowest BCUT2D eigenvalue weighted by Gasteiger charge is -2.32. The summed E-state index contributed by atoms with van der Waals surface area (Å²) in [6.45, 7) is 6.57. The number of amides is 1. The van der Waals surface area contributed by atoms with E-state index in [2.05, 4.69) is 12.2 Å². The molecule has 0 radical (unpaired) electrons. The van der Waals surface area contributed by atoms with E-state index in [9.17, 15) is 24.5 Å². The molecule has 200 valence electrons. The Balaban J connectivity index is 1.49. The van der Waals surface area contributed by atoms with Gasteiger partial charge >= 0.3 is 5.97 Å². The Labute approximate surface area is 219 Å². The maximum atomic E-state index is 13.0. The van der Waals surface area contributed by atoms with Crippen LogP contribution in [-0.4, -0.2) is 45.4 Å². The average molecular weight is 522 g/mol. The van der Waals surface area contributed by atoms with E-state index < -0.39 is 28.5 Å². The van der Waals surface area contributed by atoms with Gasteiger partial charge < -0.3 is 15.0 Å². The lowest BCUT2D eigenvalue weighted by molar-refractivity contribution is -0.384. The predicted octanol–water partition coefficient (Wildman–Crippen LogP) is 3.81. The number of nitrogens with zero attached hydrogens (tertiary/aromatic N) is 4. The highest BCUT2D eigenvalue weighted by Gasteiger charge is 2.27. The van der Waals surface area contributed by atoms with Crippen LogP contribution in [0.25, 0.3) is 5.69 Å². The zero-order valence-corrected chi connectivity index (χ0v) is 21.8. The molecule has 2 heterocycles. The predicted molar refractivity (Wildman–Crippen MR) is 143 cm³/mol. The third-order valence-electron chi connectivity index (χ3n) is 6.86. The quantitative estimate of drug-likeness (QED) is 0.284. The molecule has 0 bridgehead atoms. The van der Waals surface area contributed by atoms with Crippen LogP contribution in [0.4, 0.5) is 17.1 Å². The number of para-hydroxylation sites is 1. The van der Waals surface area contributed by atoms with E-state index in [4.69, 9.17) is 4.74 Å². The summed E-state index contributed by atoms with van der Waals surface area (Å²) in [5.74, 6) is -1.16. The zero-order valence-electron chi connectivity index (χ0n) is 21.8. The normalized spacial score (nSPS) is 16.1. The van der Waals surface area contributed by atoms with Crippen molar-refractivity contribution in [3.8, 4) is 5.69 Å². The fourth-order valence-corrected chi connectivity index (χ4v) is 4.69. The Morgan fingerprint density at radius 1 is 1.18 bits per heavy atom. The molecule has 11 heteroatoms. The zero-order chi connectivity index (χ0) is 27.6. The van der Waals surface area contributed by atoms with E-state index in [0.717, 1.165) is 12.8 Å². The maximum Gasteiger partial charge on any atom is 0.339 e. The summed E-state index contributed by atoms with van der Waals surface area (Å²) < 4.78 is 8.35. The Morgan fingerprint density at radius 2 is 1.89 bits per heavy atom. The molecule has 1 aliphatic rings. The second kappa shape index (κ2) is 10.9. The van der Waals surface area contributed by atoms with Gasteiger partial charge in [0.05, 0.1) is 21.9 Å². The number of hydrogen-bond donors (Lipinski definition) is 1. The van der Waals surface area contributed by atoms with Crippen molar-refractivity contribution in [3.05, 3.63) is 80.3 Å². The lowest BCUT2D eigenvalue weighted by Crippen LogP contribution is -2.34. The van der Waals surface area contributed by atoms with Crippen LogP contribution >= 0.6 is 0 Å². The van der Waals surface area contributed by atoms with Gasteiger partial charge in [-0.3, -0.25) is 24.4 Å². The number of ether oxygens (including phenoxy) is 1. The highest BCUT2D eigenvalue weighted by Crippen LogP contribution is 2.32. The SMILES string of the molecule is Cc1c(NC(=O)C(C)OC(=O)c2ccc(N3CCCC(C)C3)c([N+](=O)[O-])c2)c(=O)n(-c2ccccc2)n1C. The van der Waals surface area contributed by atoms with Crippen molar-refractivity contribution in [3.63, 3.8) is 0 Å². The second-order valence-electron chi connectivity index (χ2n) is 9.63. The number of carbonyl (C=O) groups is 2. The molecule has 1 aliphatic heterocycles. The number of rotatable bonds is 7. The number of anilines is 2. The minimum absolute atomic E-state index is 0.0347. The van der Waals surface area contributed by atoms with E-state index in [1.54, 1.807) is 49.0 Å². The van der Waals surface area contributed by atoms with Gasteiger partial charge in [0.1, 0.15) is 11.4 Å². The maximum absolute atomic E-state index is 13.0. The number of benzene rings is 2. The van der Waals surface area contributed by atoms with Crippen molar-refractivity contribution in [2.24, 2.45) is 13.0 Å². The largest absolute Gasteiger partial charge is 0.449 e. The minimum Gasteiger partial charge on any atom is -0.449 e. The molecule has 1 aromatic heterocycles. The van der Waals surface area contributed by atoms with Gasteiger partial charge in [-0.25, -0.2) is 9.48 Å². The molecule has 2 unspecified atom stereocenters. The Kier molecular flexibility index (Phi) is 7.65. The van der Waals surface area contributed by atoms with E-state index in [0.29, 0.717) is 36.1 Å². The van der Waals surface area contributed by atoms with Crippen LogP contribution in [-0.2, 0) is 16.6 Å². The molecule has 1 saturated heterocycles. The van der Waals surface area contributed by atoms with Crippen LogP contribution in [0.1, 0.15) is 42.7 Å². The number of nitro benzene ring substituents is 1. The smallest absolute Gasteiger partial charge is 0.339 e. The van der Waals surface area contributed by atoms with Crippen LogP contribution < -0.4 is 15.8 Å². The van der Waals surface area contributed by atoms with Gasteiger partial charge in [0.2, 0.25) is 0 Å². The first kappa shape index (κ1) is 26.6. The van der Waals surface area contributed by atoms with Crippen LogP contribution in [0, 0.1) is 23.0 Å². The summed E-state index contributed by atoms with van der Waals surface area (Å²) in [4.78, 5) is 51.9. The third kappa shape index (κ3) is 5.31. The molecule has 11 nitrogen and oxygen atoms in total. The Morgan fingerprint density at radius 3 is 2.55 bits per heavy atom. The van der Waals surface area contributed by atoms with E-state index in [-0.39, 0.29) is 16.9 Å². The van der Waals surface area contributed by atoms with E-state index in [1.165, 1.54) is 23.7 Å². The first-order chi connectivity index (χ1) is 18.1. The van der Waals surface area contributed by atoms with Crippen molar-refractivity contribution in [1.82, 2.24) is 9.36 Å². The molecule has 0 spiro atoms. The van der Waals surface area contributed by atoms with Gasteiger partial charge in [-0.1, -0.05) is 25.1 Å². The topological polar surface area (TPSA) is 129 Å². The molecular weight excluding hydrogens is 490 g/mol. The fraction of sp³-hybridized carbons (Fsp3) is 0.370. The number of esters is 1. The van der Waals surface area contributed by atoms with Crippen molar-refractivity contribution < 1.29 is 19.2 Å². The van der Waals surface area contributed by atoms with Gasteiger partial charge in [-0.15, -0.1) is 0 Å². The summed E-state index contributed by atoms with van der Waals surface area (Å²) in [5.41, 5.74) is 1.02. The summed E-state index contributed by atoms with van der Waals surface area (Å²) >= 11 is 0. The Hall–Kier alpha value is -4.41. The van der Waals surface area contributed by atoms with E-state index >= 15 is 0 Å². The monoisotopic (exact) mass is 521 g/mol. The third-order valence-corrected chi connectivity index (χ3v) is 6.86. The van der Waals surface area contributed by atoms with Crippen LogP contribution in [0.3, 0.4) is 0 Å². The Bertz CT molecular complexity index is 1430.